The number of benzene rings is 3. The van der Waals surface area contributed by atoms with Crippen molar-refractivity contribution in [3.63, 3.8) is 0 Å². The van der Waals surface area contributed by atoms with Crippen LogP contribution >= 0.6 is 0 Å². The molecule has 7 nitrogen and oxygen atoms in total. The second-order valence-corrected chi connectivity index (χ2v) is 7.68. The highest BCUT2D eigenvalue weighted by Gasteiger charge is 2.38. The van der Waals surface area contributed by atoms with E-state index in [9.17, 15) is 23.9 Å². The lowest BCUT2D eigenvalue weighted by atomic mass is 9.94. The number of ketones is 1. The molecular formula is C26H22FNO6. The van der Waals surface area contributed by atoms with Crippen molar-refractivity contribution in [1.29, 1.82) is 0 Å². The van der Waals surface area contributed by atoms with Gasteiger partial charge in [-0.3, -0.25) is 19.2 Å². The van der Waals surface area contributed by atoms with Crippen LogP contribution in [-0.2, 0) is 9.57 Å². The van der Waals surface area contributed by atoms with E-state index >= 15 is 0 Å². The van der Waals surface area contributed by atoms with Crippen LogP contribution in [0, 0.1) is 5.82 Å². The standard InChI is InChI=1S/C26H22FNO6/c1-3-33-26(32)23(29)19-13-10-17(16-8-11-18(27)12-9-16)14-22(19)15(2)34-28-24(30)20-6-4-5-7-21(20)25(28)31/h4-15,26,32H,3H2,1-2H3. The number of fused-ring (bicyclic) bond motifs is 1. The number of hydroxylamine groups is 2. The first kappa shape index (κ1) is 23.4. The Morgan fingerprint density at radius 3 is 2.15 bits per heavy atom. The third kappa shape index (κ3) is 4.38. The number of carbonyl (C=O) groups is 3. The molecule has 1 N–H and O–H groups in total. The van der Waals surface area contributed by atoms with Crippen molar-refractivity contribution < 1.29 is 33.5 Å². The van der Waals surface area contributed by atoms with E-state index in [2.05, 4.69) is 0 Å². The summed E-state index contributed by atoms with van der Waals surface area (Å²) in [6, 6.07) is 16.9. The largest absolute Gasteiger partial charge is 0.362 e. The normalized spacial score (nSPS) is 14.8. The molecule has 3 aromatic rings. The topological polar surface area (TPSA) is 93.1 Å². The Bertz CT molecular complexity index is 1220. The molecule has 2 unspecified atom stereocenters. The molecule has 3 aromatic carbocycles. The van der Waals surface area contributed by atoms with Gasteiger partial charge in [-0.05, 0) is 60.9 Å². The van der Waals surface area contributed by atoms with E-state index in [1.54, 1.807) is 50.2 Å². The molecule has 0 radical (unpaired) electrons. The quantitative estimate of drug-likeness (QED) is 0.304. The Kier molecular flexibility index (Phi) is 6.65. The van der Waals surface area contributed by atoms with Crippen LogP contribution in [0.2, 0.25) is 0 Å². The van der Waals surface area contributed by atoms with Gasteiger partial charge in [0, 0.05) is 12.2 Å². The van der Waals surface area contributed by atoms with Gasteiger partial charge in [-0.1, -0.05) is 36.4 Å². The van der Waals surface area contributed by atoms with Gasteiger partial charge in [-0.25, -0.2) is 4.39 Å². The van der Waals surface area contributed by atoms with Gasteiger partial charge in [0.2, 0.25) is 12.1 Å². The van der Waals surface area contributed by atoms with Crippen molar-refractivity contribution in [2.24, 2.45) is 0 Å². The molecule has 0 spiro atoms. The highest BCUT2D eigenvalue weighted by atomic mass is 19.1. The number of hydrogen-bond acceptors (Lipinski definition) is 6. The Labute approximate surface area is 195 Å². The van der Waals surface area contributed by atoms with Crippen molar-refractivity contribution in [3.8, 4) is 11.1 Å². The summed E-state index contributed by atoms with van der Waals surface area (Å²) < 4.78 is 18.4. The number of ether oxygens (including phenoxy) is 1. The maximum atomic E-state index is 13.4. The summed E-state index contributed by atoms with van der Waals surface area (Å²) in [5, 5.41) is 10.8. The fourth-order valence-corrected chi connectivity index (χ4v) is 3.79. The molecule has 0 bridgehead atoms. The Morgan fingerprint density at radius 2 is 1.56 bits per heavy atom. The lowest BCUT2D eigenvalue weighted by Crippen LogP contribution is -2.32. The first-order chi connectivity index (χ1) is 16.3. The molecule has 0 aliphatic carbocycles. The summed E-state index contributed by atoms with van der Waals surface area (Å²) in [6.07, 6.45) is -2.62. The average molecular weight is 463 g/mol. The molecule has 1 aliphatic heterocycles. The molecule has 1 aliphatic rings. The molecule has 8 heteroatoms. The van der Waals surface area contributed by atoms with Crippen LogP contribution in [0.15, 0.2) is 66.7 Å². The maximum absolute atomic E-state index is 13.4. The lowest BCUT2D eigenvalue weighted by Gasteiger charge is -2.23. The predicted molar refractivity (Wildman–Crippen MR) is 120 cm³/mol. The molecular weight excluding hydrogens is 441 g/mol. The van der Waals surface area contributed by atoms with E-state index < -0.39 is 35.8 Å². The van der Waals surface area contributed by atoms with Gasteiger partial charge in [0.05, 0.1) is 11.1 Å². The minimum atomic E-state index is -1.69. The van der Waals surface area contributed by atoms with Gasteiger partial charge >= 0.3 is 0 Å². The molecule has 34 heavy (non-hydrogen) atoms. The van der Waals surface area contributed by atoms with E-state index in [4.69, 9.17) is 9.57 Å². The van der Waals surface area contributed by atoms with Crippen LogP contribution in [0.3, 0.4) is 0 Å². The Hall–Kier alpha value is -3.72. The maximum Gasteiger partial charge on any atom is 0.285 e. The summed E-state index contributed by atoms with van der Waals surface area (Å²) >= 11 is 0. The summed E-state index contributed by atoms with van der Waals surface area (Å²) in [4.78, 5) is 44.1. The van der Waals surface area contributed by atoms with Crippen molar-refractivity contribution in [2.75, 3.05) is 6.61 Å². The number of aliphatic hydroxyl groups is 1. The van der Waals surface area contributed by atoms with Gasteiger partial charge in [0.25, 0.3) is 11.8 Å². The van der Waals surface area contributed by atoms with Crippen LogP contribution in [0.4, 0.5) is 4.39 Å². The zero-order chi connectivity index (χ0) is 24.4. The molecule has 4 rings (SSSR count). The summed E-state index contributed by atoms with van der Waals surface area (Å²) in [6.45, 7) is 3.34. The fourth-order valence-electron chi connectivity index (χ4n) is 3.79. The molecule has 174 valence electrons. The van der Waals surface area contributed by atoms with Crippen molar-refractivity contribution in [3.05, 3.63) is 94.8 Å². The van der Waals surface area contributed by atoms with Gasteiger partial charge in [-0.15, -0.1) is 5.06 Å². The third-order valence-electron chi connectivity index (χ3n) is 5.50. The van der Waals surface area contributed by atoms with E-state index in [1.807, 2.05) is 0 Å². The second-order valence-electron chi connectivity index (χ2n) is 7.68. The van der Waals surface area contributed by atoms with Crippen LogP contribution in [0.5, 0.6) is 0 Å². The van der Waals surface area contributed by atoms with Crippen LogP contribution < -0.4 is 0 Å². The van der Waals surface area contributed by atoms with Crippen molar-refractivity contribution in [1.82, 2.24) is 5.06 Å². The van der Waals surface area contributed by atoms with E-state index in [1.165, 1.54) is 30.3 Å². The minimum Gasteiger partial charge on any atom is -0.362 e. The van der Waals surface area contributed by atoms with Crippen LogP contribution in [0.25, 0.3) is 11.1 Å². The summed E-state index contributed by atoms with van der Waals surface area (Å²) in [7, 11) is 0. The van der Waals surface area contributed by atoms with Gasteiger partial charge < -0.3 is 9.84 Å². The SMILES string of the molecule is CCOC(O)C(=O)c1ccc(-c2ccc(F)cc2)cc1C(C)ON1C(=O)c2ccccc2C1=O. The van der Waals surface area contributed by atoms with Gasteiger partial charge in [0.1, 0.15) is 11.9 Å². The number of Topliss-reactive ketones (excluding diaryl/α,β-unsaturated/α-hetero) is 1. The molecule has 0 saturated carbocycles. The summed E-state index contributed by atoms with van der Waals surface area (Å²) in [5.74, 6) is -2.30. The fraction of sp³-hybridized carbons (Fsp3) is 0.192. The number of nitrogens with zero attached hydrogens (tertiary/aromatic N) is 1. The Morgan fingerprint density at radius 1 is 0.971 bits per heavy atom. The predicted octanol–water partition coefficient (Wildman–Crippen LogP) is 4.32. The lowest BCUT2D eigenvalue weighted by molar-refractivity contribution is -0.128. The number of halogens is 1. The average Bonchev–Trinajstić information content (AvgIpc) is 3.09. The molecule has 1 heterocycles. The van der Waals surface area contributed by atoms with Crippen LogP contribution in [-0.4, -0.2) is 40.7 Å². The summed E-state index contributed by atoms with van der Waals surface area (Å²) in [5.41, 5.74) is 2.21. The second kappa shape index (κ2) is 9.64. The third-order valence-corrected chi connectivity index (χ3v) is 5.50. The van der Waals surface area contributed by atoms with Crippen molar-refractivity contribution in [2.45, 2.75) is 26.2 Å². The highest BCUT2D eigenvalue weighted by Crippen LogP contribution is 2.32. The van der Waals surface area contributed by atoms with Crippen LogP contribution in [0.1, 0.15) is 56.6 Å². The number of imide groups is 1. The zero-order valence-electron chi connectivity index (χ0n) is 18.5. The van der Waals surface area contributed by atoms with E-state index in [0.29, 0.717) is 21.8 Å². The highest BCUT2D eigenvalue weighted by molar-refractivity contribution is 6.20. The van der Waals surface area contributed by atoms with E-state index in [-0.39, 0.29) is 23.3 Å². The number of amides is 2. The molecule has 0 aromatic heterocycles. The van der Waals surface area contributed by atoms with Gasteiger partial charge in [-0.2, -0.15) is 0 Å². The Balaban J connectivity index is 1.70. The zero-order valence-corrected chi connectivity index (χ0v) is 18.5. The molecule has 0 fully saturated rings. The molecule has 2 atom stereocenters. The monoisotopic (exact) mass is 463 g/mol. The number of aliphatic hydroxyl groups excluding tert-OH is 1. The van der Waals surface area contributed by atoms with E-state index in [0.717, 1.165) is 0 Å². The molecule has 2 amide bonds. The first-order valence-electron chi connectivity index (χ1n) is 10.7. The smallest absolute Gasteiger partial charge is 0.285 e. The van der Waals surface area contributed by atoms with Crippen molar-refractivity contribution >= 4 is 17.6 Å². The number of rotatable bonds is 8. The van der Waals surface area contributed by atoms with Gasteiger partial charge in [0.15, 0.2) is 0 Å². The number of carbonyl (C=O) groups excluding carboxylic acids is 3. The first-order valence-corrected chi connectivity index (χ1v) is 10.7. The minimum absolute atomic E-state index is 0.107. The number of hydrogen-bond donors (Lipinski definition) is 1. The molecule has 0 saturated heterocycles.